The summed E-state index contributed by atoms with van der Waals surface area (Å²) in [5.41, 5.74) is 0. The Morgan fingerprint density at radius 1 is 1.20 bits per heavy atom. The van der Waals surface area contributed by atoms with Crippen LogP contribution < -0.4 is 0 Å². The molecule has 0 bridgehead atoms. The van der Waals surface area contributed by atoms with Crippen LogP contribution in [0.3, 0.4) is 0 Å². The first kappa shape index (κ1) is 7.84. The van der Waals surface area contributed by atoms with Crippen molar-refractivity contribution in [2.24, 2.45) is 11.8 Å². The molecule has 0 unspecified atom stereocenters. The summed E-state index contributed by atoms with van der Waals surface area (Å²) in [6, 6.07) is 0. The molecule has 0 saturated heterocycles. The van der Waals surface area contributed by atoms with E-state index >= 15 is 0 Å². The zero-order chi connectivity index (χ0) is 7.40. The summed E-state index contributed by atoms with van der Waals surface area (Å²) in [7, 11) is 0. The fraction of sp³-hybridized carbons (Fsp3) is 0.800. The lowest BCUT2D eigenvalue weighted by Gasteiger charge is -2.00. The van der Waals surface area contributed by atoms with Crippen molar-refractivity contribution in [3.05, 3.63) is 12.2 Å². The maximum Gasteiger partial charge on any atom is -0.0233 e. The summed E-state index contributed by atoms with van der Waals surface area (Å²) in [6.45, 7) is 4.48. The number of rotatable bonds is 2. The average Bonchev–Trinajstić information content (AvgIpc) is 2.34. The summed E-state index contributed by atoms with van der Waals surface area (Å²) in [4.78, 5) is 0. The normalized spacial score (nSPS) is 21.5. The highest BCUT2D eigenvalue weighted by Crippen LogP contribution is 2.25. The molecule has 0 N–H and O–H groups in total. The summed E-state index contributed by atoms with van der Waals surface area (Å²) < 4.78 is 0. The fourth-order valence-corrected chi connectivity index (χ4v) is 1.53. The zero-order valence-electron chi connectivity index (χ0n) is 7.14. The van der Waals surface area contributed by atoms with E-state index in [2.05, 4.69) is 26.0 Å². The van der Waals surface area contributed by atoms with Gasteiger partial charge in [0, 0.05) is 0 Å². The molecule has 0 heterocycles. The van der Waals surface area contributed by atoms with Gasteiger partial charge in [0.1, 0.15) is 0 Å². The standard InChI is InChI=1S/C10H18/c1-9(2)7-8-10-5-3-4-6-10/h7-10H,3-6H2,1-2H3/b8-7+. The molecule has 0 amide bonds. The minimum Gasteiger partial charge on any atom is -0.0857 e. The number of allylic oxidation sites excluding steroid dienone is 2. The molecule has 0 spiro atoms. The van der Waals surface area contributed by atoms with Crippen LogP contribution in [-0.4, -0.2) is 0 Å². The predicted octanol–water partition coefficient (Wildman–Crippen LogP) is 3.39. The Morgan fingerprint density at radius 2 is 1.80 bits per heavy atom. The van der Waals surface area contributed by atoms with Crippen LogP contribution in [0, 0.1) is 11.8 Å². The maximum atomic E-state index is 2.41. The largest absolute Gasteiger partial charge is 0.0857 e. The monoisotopic (exact) mass is 138 g/mol. The average molecular weight is 138 g/mol. The first-order valence-corrected chi connectivity index (χ1v) is 4.47. The Labute approximate surface area is 64.3 Å². The SMILES string of the molecule is CC(C)/C=C/C1CCCC1. The van der Waals surface area contributed by atoms with E-state index in [9.17, 15) is 0 Å². The van der Waals surface area contributed by atoms with Crippen molar-refractivity contribution in [1.29, 1.82) is 0 Å². The van der Waals surface area contributed by atoms with Crippen LogP contribution in [0.2, 0.25) is 0 Å². The first-order valence-electron chi connectivity index (χ1n) is 4.47. The Kier molecular flexibility index (Phi) is 2.98. The Balaban J connectivity index is 2.23. The van der Waals surface area contributed by atoms with E-state index in [4.69, 9.17) is 0 Å². The topological polar surface area (TPSA) is 0 Å². The van der Waals surface area contributed by atoms with Crippen LogP contribution >= 0.6 is 0 Å². The molecule has 0 aromatic heterocycles. The molecule has 10 heavy (non-hydrogen) atoms. The van der Waals surface area contributed by atoms with Gasteiger partial charge in [-0.25, -0.2) is 0 Å². The highest BCUT2D eigenvalue weighted by Gasteiger charge is 2.10. The van der Waals surface area contributed by atoms with Gasteiger partial charge in [0.2, 0.25) is 0 Å². The van der Waals surface area contributed by atoms with Gasteiger partial charge >= 0.3 is 0 Å². The third-order valence-electron chi connectivity index (χ3n) is 2.17. The van der Waals surface area contributed by atoms with E-state index in [1.54, 1.807) is 0 Å². The van der Waals surface area contributed by atoms with E-state index in [1.165, 1.54) is 25.7 Å². The summed E-state index contributed by atoms with van der Waals surface area (Å²) in [5.74, 6) is 1.66. The minimum absolute atomic E-state index is 0.737. The number of hydrogen-bond donors (Lipinski definition) is 0. The molecule has 1 aliphatic carbocycles. The number of hydrogen-bond acceptors (Lipinski definition) is 0. The molecule has 0 atom stereocenters. The molecule has 0 aliphatic heterocycles. The van der Waals surface area contributed by atoms with Gasteiger partial charge in [0.15, 0.2) is 0 Å². The second-order valence-electron chi connectivity index (χ2n) is 3.67. The third kappa shape index (κ3) is 2.55. The van der Waals surface area contributed by atoms with Gasteiger partial charge in [-0.1, -0.05) is 38.8 Å². The highest BCUT2D eigenvalue weighted by atomic mass is 14.2. The van der Waals surface area contributed by atoms with Gasteiger partial charge < -0.3 is 0 Å². The first-order chi connectivity index (χ1) is 4.79. The van der Waals surface area contributed by atoms with Crippen molar-refractivity contribution in [1.82, 2.24) is 0 Å². The van der Waals surface area contributed by atoms with Crippen LogP contribution in [0.15, 0.2) is 12.2 Å². The van der Waals surface area contributed by atoms with Gasteiger partial charge in [-0.2, -0.15) is 0 Å². The molecule has 58 valence electrons. The summed E-state index contributed by atoms with van der Waals surface area (Å²) in [5, 5.41) is 0. The van der Waals surface area contributed by atoms with Crippen LogP contribution in [0.25, 0.3) is 0 Å². The van der Waals surface area contributed by atoms with Crippen LogP contribution in [0.4, 0.5) is 0 Å². The Hall–Kier alpha value is -0.260. The van der Waals surface area contributed by atoms with Crippen molar-refractivity contribution in [2.75, 3.05) is 0 Å². The van der Waals surface area contributed by atoms with E-state index in [-0.39, 0.29) is 0 Å². The van der Waals surface area contributed by atoms with Gasteiger partial charge in [0.05, 0.1) is 0 Å². The van der Waals surface area contributed by atoms with Gasteiger partial charge in [-0.3, -0.25) is 0 Å². The minimum atomic E-state index is 0.737. The molecule has 0 aromatic carbocycles. The second kappa shape index (κ2) is 3.80. The van der Waals surface area contributed by atoms with E-state index in [0.717, 1.165) is 11.8 Å². The van der Waals surface area contributed by atoms with Gasteiger partial charge in [-0.05, 0) is 24.7 Å². The van der Waals surface area contributed by atoms with Gasteiger partial charge in [-0.15, -0.1) is 0 Å². The van der Waals surface area contributed by atoms with Crippen molar-refractivity contribution >= 4 is 0 Å². The molecule has 0 nitrogen and oxygen atoms in total. The molecule has 1 saturated carbocycles. The highest BCUT2D eigenvalue weighted by molar-refractivity contribution is 4.92. The van der Waals surface area contributed by atoms with Crippen molar-refractivity contribution in [3.8, 4) is 0 Å². The molecule has 0 heteroatoms. The maximum absolute atomic E-state index is 2.41. The summed E-state index contributed by atoms with van der Waals surface area (Å²) in [6.07, 6.45) is 10.5. The lowest BCUT2D eigenvalue weighted by molar-refractivity contribution is 0.674. The lowest BCUT2D eigenvalue weighted by atomic mass is 10.1. The smallest absolute Gasteiger partial charge is 0.0233 e. The Morgan fingerprint density at radius 3 is 2.30 bits per heavy atom. The van der Waals surface area contributed by atoms with E-state index < -0.39 is 0 Å². The fourth-order valence-electron chi connectivity index (χ4n) is 1.53. The zero-order valence-corrected chi connectivity index (χ0v) is 7.14. The van der Waals surface area contributed by atoms with Crippen LogP contribution in [0.5, 0.6) is 0 Å². The second-order valence-corrected chi connectivity index (χ2v) is 3.67. The van der Waals surface area contributed by atoms with Crippen molar-refractivity contribution in [2.45, 2.75) is 39.5 Å². The van der Waals surface area contributed by atoms with Crippen molar-refractivity contribution in [3.63, 3.8) is 0 Å². The quantitative estimate of drug-likeness (QED) is 0.513. The summed E-state index contributed by atoms with van der Waals surface area (Å²) >= 11 is 0. The lowest BCUT2D eigenvalue weighted by Crippen LogP contribution is -1.87. The Bertz CT molecular complexity index is 105. The van der Waals surface area contributed by atoms with Gasteiger partial charge in [0.25, 0.3) is 0 Å². The molecule has 1 fully saturated rings. The van der Waals surface area contributed by atoms with Crippen LogP contribution in [-0.2, 0) is 0 Å². The molecular weight excluding hydrogens is 120 g/mol. The molecule has 0 radical (unpaired) electrons. The molecule has 0 aromatic rings. The van der Waals surface area contributed by atoms with E-state index in [0.29, 0.717) is 0 Å². The molecule has 1 aliphatic rings. The predicted molar refractivity (Wildman–Crippen MR) is 45.9 cm³/mol. The third-order valence-corrected chi connectivity index (χ3v) is 2.17. The molecule has 1 rings (SSSR count). The van der Waals surface area contributed by atoms with Crippen molar-refractivity contribution < 1.29 is 0 Å². The van der Waals surface area contributed by atoms with E-state index in [1.807, 2.05) is 0 Å². The van der Waals surface area contributed by atoms with Crippen LogP contribution in [0.1, 0.15) is 39.5 Å². The molecular formula is C10H18.